The number of nitrogens with two attached hydrogens (primary N) is 1. The smallest absolute Gasteiger partial charge is 0.123 e. The van der Waals surface area contributed by atoms with E-state index in [1.807, 2.05) is 12.1 Å². The number of piperidine rings is 1. The van der Waals surface area contributed by atoms with Crippen molar-refractivity contribution in [1.82, 2.24) is 4.90 Å². The van der Waals surface area contributed by atoms with E-state index in [4.69, 9.17) is 18.0 Å². The fourth-order valence-corrected chi connectivity index (χ4v) is 3.72. The molecule has 1 fully saturated rings. The molecule has 1 aromatic rings. The molecule has 1 aliphatic rings. The molecule has 0 bridgehead atoms. The molecular weight excluding hydrogens is 279 g/mol. The van der Waals surface area contributed by atoms with Gasteiger partial charge in [0.15, 0.2) is 0 Å². The van der Waals surface area contributed by atoms with Crippen LogP contribution in [0.3, 0.4) is 0 Å². The van der Waals surface area contributed by atoms with Gasteiger partial charge in [0.1, 0.15) is 5.82 Å². The van der Waals surface area contributed by atoms with Crippen LogP contribution < -0.4 is 5.73 Å². The number of likely N-dealkylation sites (tertiary alicyclic amines) is 1. The summed E-state index contributed by atoms with van der Waals surface area (Å²) in [7, 11) is 0. The van der Waals surface area contributed by atoms with Gasteiger partial charge in [-0.2, -0.15) is 11.8 Å². The maximum absolute atomic E-state index is 12.9. The molecule has 2 nitrogen and oxygen atoms in total. The van der Waals surface area contributed by atoms with Crippen molar-refractivity contribution in [3.63, 3.8) is 0 Å². The van der Waals surface area contributed by atoms with Gasteiger partial charge in [0, 0.05) is 19.6 Å². The molecule has 2 rings (SSSR count). The molecule has 0 atom stereocenters. The van der Waals surface area contributed by atoms with Crippen LogP contribution in [0.5, 0.6) is 0 Å². The van der Waals surface area contributed by atoms with Crippen molar-refractivity contribution in [2.24, 2.45) is 5.73 Å². The molecule has 2 N–H and O–H groups in total. The van der Waals surface area contributed by atoms with Crippen LogP contribution in [-0.4, -0.2) is 34.0 Å². The van der Waals surface area contributed by atoms with E-state index in [9.17, 15) is 4.39 Å². The minimum atomic E-state index is -0.183. The molecule has 0 spiro atoms. The molecule has 1 aromatic carbocycles. The van der Waals surface area contributed by atoms with Crippen LogP contribution >= 0.6 is 24.0 Å². The highest BCUT2D eigenvalue weighted by molar-refractivity contribution is 8.02. The Kier molecular flexibility index (Phi) is 4.81. The molecule has 0 saturated carbocycles. The Bertz CT molecular complexity index is 439. The van der Waals surface area contributed by atoms with E-state index < -0.39 is 0 Å². The summed E-state index contributed by atoms with van der Waals surface area (Å²) in [5, 5.41) is 0. The first-order valence-corrected chi connectivity index (χ1v) is 8.01. The minimum Gasteiger partial charge on any atom is -0.392 e. The second-order valence-electron chi connectivity index (χ2n) is 4.97. The molecule has 104 valence electrons. The zero-order valence-corrected chi connectivity index (χ0v) is 12.7. The van der Waals surface area contributed by atoms with E-state index in [-0.39, 0.29) is 10.6 Å². The van der Waals surface area contributed by atoms with Gasteiger partial charge >= 0.3 is 0 Å². The Hall–Kier alpha value is -0.650. The van der Waals surface area contributed by atoms with E-state index in [2.05, 4.69) is 11.2 Å². The average molecular weight is 298 g/mol. The number of thiocarbonyl (C=S) groups is 1. The minimum absolute atomic E-state index is 0.0331. The van der Waals surface area contributed by atoms with Gasteiger partial charge in [0.25, 0.3) is 0 Å². The van der Waals surface area contributed by atoms with Crippen LogP contribution in [0.2, 0.25) is 0 Å². The third kappa shape index (κ3) is 3.46. The van der Waals surface area contributed by atoms with Crippen LogP contribution in [0.25, 0.3) is 0 Å². The standard InChI is InChI=1S/C14H19FN2S2/c1-19-14(13(16)18)6-8-17(9-7-14)10-11-2-4-12(15)5-3-11/h2-5H,6-10H2,1H3,(H2,16,18). The van der Waals surface area contributed by atoms with Crippen LogP contribution in [0.15, 0.2) is 24.3 Å². The Morgan fingerprint density at radius 1 is 1.37 bits per heavy atom. The lowest BCUT2D eigenvalue weighted by Crippen LogP contribution is -2.48. The van der Waals surface area contributed by atoms with Crippen molar-refractivity contribution in [3.05, 3.63) is 35.6 Å². The highest BCUT2D eigenvalue weighted by Gasteiger charge is 2.36. The van der Waals surface area contributed by atoms with E-state index >= 15 is 0 Å². The highest BCUT2D eigenvalue weighted by atomic mass is 32.2. The number of halogens is 1. The van der Waals surface area contributed by atoms with E-state index in [1.165, 1.54) is 12.1 Å². The van der Waals surface area contributed by atoms with Crippen LogP contribution in [-0.2, 0) is 6.54 Å². The van der Waals surface area contributed by atoms with Crippen molar-refractivity contribution in [1.29, 1.82) is 0 Å². The SMILES string of the molecule is CSC1(C(N)=S)CCN(Cc2ccc(F)cc2)CC1. The van der Waals surface area contributed by atoms with Gasteiger partial charge in [-0.15, -0.1) is 0 Å². The van der Waals surface area contributed by atoms with Gasteiger partial charge in [-0.1, -0.05) is 24.4 Å². The predicted octanol–water partition coefficient (Wildman–Crippen LogP) is 2.81. The van der Waals surface area contributed by atoms with Gasteiger partial charge in [-0.05, 0) is 36.8 Å². The average Bonchev–Trinajstić information content (AvgIpc) is 2.42. The molecule has 0 amide bonds. The first-order valence-electron chi connectivity index (χ1n) is 6.37. The molecule has 1 heterocycles. The lowest BCUT2D eigenvalue weighted by atomic mass is 9.95. The molecular formula is C14H19FN2S2. The molecule has 0 radical (unpaired) electrons. The second-order valence-corrected chi connectivity index (χ2v) is 6.59. The Morgan fingerprint density at radius 3 is 2.42 bits per heavy atom. The third-order valence-electron chi connectivity index (χ3n) is 3.82. The zero-order valence-electron chi connectivity index (χ0n) is 11.1. The number of nitrogens with zero attached hydrogens (tertiary/aromatic N) is 1. The summed E-state index contributed by atoms with van der Waals surface area (Å²) < 4.78 is 12.8. The first kappa shape index (κ1) is 14.8. The summed E-state index contributed by atoms with van der Waals surface area (Å²) in [6, 6.07) is 6.72. The van der Waals surface area contributed by atoms with Crippen molar-refractivity contribution < 1.29 is 4.39 Å². The number of hydrogen-bond donors (Lipinski definition) is 1. The van der Waals surface area contributed by atoms with Crippen LogP contribution in [0, 0.1) is 5.82 Å². The quantitative estimate of drug-likeness (QED) is 0.866. The van der Waals surface area contributed by atoms with Gasteiger partial charge in [0.2, 0.25) is 0 Å². The lowest BCUT2D eigenvalue weighted by molar-refractivity contribution is 0.212. The molecule has 19 heavy (non-hydrogen) atoms. The molecule has 0 unspecified atom stereocenters. The van der Waals surface area contributed by atoms with E-state index in [0.717, 1.165) is 38.0 Å². The van der Waals surface area contributed by atoms with Gasteiger partial charge in [-0.25, -0.2) is 4.39 Å². The Morgan fingerprint density at radius 2 is 1.95 bits per heavy atom. The van der Waals surface area contributed by atoms with E-state index in [1.54, 1.807) is 11.8 Å². The number of thioether (sulfide) groups is 1. The maximum atomic E-state index is 12.9. The van der Waals surface area contributed by atoms with E-state index in [0.29, 0.717) is 4.99 Å². The zero-order chi connectivity index (χ0) is 13.9. The van der Waals surface area contributed by atoms with Crippen LogP contribution in [0.4, 0.5) is 4.39 Å². The Balaban J connectivity index is 1.93. The summed E-state index contributed by atoms with van der Waals surface area (Å²) in [6.07, 6.45) is 4.06. The summed E-state index contributed by atoms with van der Waals surface area (Å²) in [5.41, 5.74) is 7.02. The third-order valence-corrected chi connectivity index (χ3v) is 5.75. The van der Waals surface area contributed by atoms with Crippen molar-refractivity contribution >= 4 is 29.0 Å². The number of hydrogen-bond acceptors (Lipinski definition) is 3. The lowest BCUT2D eigenvalue weighted by Gasteiger charge is -2.40. The predicted molar refractivity (Wildman–Crippen MR) is 83.9 cm³/mol. The second kappa shape index (κ2) is 6.20. The summed E-state index contributed by atoms with van der Waals surface area (Å²) >= 11 is 6.98. The van der Waals surface area contributed by atoms with Crippen molar-refractivity contribution in [2.75, 3.05) is 19.3 Å². The monoisotopic (exact) mass is 298 g/mol. The number of benzene rings is 1. The first-order chi connectivity index (χ1) is 9.05. The number of rotatable bonds is 4. The van der Waals surface area contributed by atoms with Gasteiger partial charge < -0.3 is 5.73 Å². The summed E-state index contributed by atoms with van der Waals surface area (Å²) in [6.45, 7) is 2.83. The summed E-state index contributed by atoms with van der Waals surface area (Å²) in [4.78, 5) is 3.00. The largest absolute Gasteiger partial charge is 0.392 e. The fourth-order valence-electron chi connectivity index (χ4n) is 2.47. The van der Waals surface area contributed by atoms with Crippen molar-refractivity contribution in [2.45, 2.75) is 24.1 Å². The highest BCUT2D eigenvalue weighted by Crippen LogP contribution is 2.35. The van der Waals surface area contributed by atoms with Gasteiger partial charge in [-0.3, -0.25) is 4.90 Å². The summed E-state index contributed by atoms with van der Waals surface area (Å²) in [5.74, 6) is -0.183. The van der Waals surface area contributed by atoms with Gasteiger partial charge in [0.05, 0.1) is 9.74 Å². The molecule has 1 saturated heterocycles. The topological polar surface area (TPSA) is 29.3 Å². The molecule has 0 aliphatic carbocycles. The molecule has 0 aromatic heterocycles. The fraction of sp³-hybridized carbons (Fsp3) is 0.500. The van der Waals surface area contributed by atoms with Crippen molar-refractivity contribution in [3.8, 4) is 0 Å². The maximum Gasteiger partial charge on any atom is 0.123 e. The molecule has 5 heteroatoms. The molecule has 1 aliphatic heterocycles. The Labute approximate surface area is 123 Å². The van der Waals surface area contributed by atoms with Crippen LogP contribution in [0.1, 0.15) is 18.4 Å². The normalized spacial score (nSPS) is 19.3.